The number of primary sulfonamides is 1. The molecule has 0 saturated heterocycles. The van der Waals surface area contributed by atoms with Crippen LogP contribution in [0.4, 0.5) is 0 Å². The molecule has 0 unspecified atom stereocenters. The minimum atomic E-state index is -3.99. The van der Waals surface area contributed by atoms with Gasteiger partial charge < -0.3 is 10.2 Å². The van der Waals surface area contributed by atoms with Gasteiger partial charge in [-0.1, -0.05) is 0 Å². The van der Waals surface area contributed by atoms with Crippen LogP contribution in [0.25, 0.3) is 0 Å². The number of rotatable bonds is 2. The predicted octanol–water partition coefficient (Wildman–Crippen LogP) is 0.338. The maximum atomic E-state index is 11.0. The van der Waals surface area contributed by atoms with E-state index in [1.165, 1.54) is 18.2 Å². The summed E-state index contributed by atoms with van der Waals surface area (Å²) in [4.78, 5) is 18.7. The summed E-state index contributed by atoms with van der Waals surface area (Å²) in [5, 5.41) is 20.5. The first-order chi connectivity index (χ1) is 7.73. The quantitative estimate of drug-likeness (QED) is 0.505. The molecule has 4 N–H and O–H groups in total. The molecule has 0 bridgehead atoms. The van der Waals surface area contributed by atoms with Crippen LogP contribution in [0.15, 0.2) is 23.1 Å². The van der Waals surface area contributed by atoms with Gasteiger partial charge in [0.2, 0.25) is 10.0 Å². The van der Waals surface area contributed by atoms with E-state index in [4.69, 9.17) is 20.1 Å². The maximum absolute atomic E-state index is 11.0. The number of benzene rings is 1. The third kappa shape index (κ3) is 5.10. The maximum Gasteiger partial charge on any atom is 0.337 e. The van der Waals surface area contributed by atoms with E-state index in [1.54, 1.807) is 0 Å². The van der Waals surface area contributed by atoms with E-state index in [9.17, 15) is 13.2 Å². The van der Waals surface area contributed by atoms with Crippen LogP contribution in [0, 0.1) is 3.57 Å². The molecule has 1 rings (SSSR count). The molecule has 0 aromatic heterocycles. The molecule has 0 atom stereocenters. The van der Waals surface area contributed by atoms with E-state index in [-0.39, 0.29) is 16.9 Å². The molecule has 0 fully saturated rings. The average molecular weight is 373 g/mol. The molecule has 0 aliphatic rings. The molecule has 94 valence electrons. The Labute approximate surface area is 110 Å². The summed E-state index contributed by atoms with van der Waals surface area (Å²) < 4.78 is 22.7. The second-order valence-electron chi connectivity index (χ2n) is 2.60. The Balaban J connectivity index is 0.000000770. The molecule has 0 amide bonds. The fraction of sp³-hybridized carbons (Fsp3) is 0. The summed E-state index contributed by atoms with van der Waals surface area (Å²) in [6.45, 7) is -0.250. The van der Waals surface area contributed by atoms with Crippen molar-refractivity contribution in [3.63, 3.8) is 0 Å². The first-order valence-corrected chi connectivity index (χ1v) is 6.50. The summed E-state index contributed by atoms with van der Waals surface area (Å²) in [5.41, 5.74) is -0.312. The second-order valence-corrected chi connectivity index (χ2v) is 5.37. The predicted molar refractivity (Wildman–Crippen MR) is 66.2 cm³/mol. The number of halogens is 1. The molecule has 0 saturated carbocycles. The topological polar surface area (TPSA) is 135 Å². The molecule has 7 nitrogen and oxygen atoms in total. The van der Waals surface area contributed by atoms with Gasteiger partial charge in [0.1, 0.15) is 0 Å². The normalized spacial score (nSPS) is 10.0. The SMILES string of the molecule is NS(=O)(=O)c1cc(I)ccc1C(=O)O.O=CO. The molecule has 0 aliphatic carbocycles. The standard InChI is InChI=1S/C7H6INO4S.CH2O2/c8-4-1-2-5(7(10)11)6(3-4)14(9,12)13;2-1-3/h1-3H,(H,10,11)(H2,9,12,13);1H,(H,2,3). The van der Waals surface area contributed by atoms with Crippen LogP contribution in [0.1, 0.15) is 10.4 Å². The van der Waals surface area contributed by atoms with Crippen molar-refractivity contribution in [3.8, 4) is 0 Å². The zero-order valence-corrected chi connectivity index (χ0v) is 11.2. The highest BCUT2D eigenvalue weighted by Crippen LogP contribution is 2.17. The van der Waals surface area contributed by atoms with Gasteiger partial charge in [-0.25, -0.2) is 18.4 Å². The molecular weight excluding hydrogens is 365 g/mol. The van der Waals surface area contributed by atoms with Gasteiger partial charge in [-0.2, -0.15) is 0 Å². The zero-order chi connectivity index (χ0) is 13.6. The molecule has 9 heteroatoms. The largest absolute Gasteiger partial charge is 0.483 e. The average Bonchev–Trinajstić information content (AvgIpc) is 2.16. The van der Waals surface area contributed by atoms with Gasteiger partial charge in [-0.3, -0.25) is 4.79 Å². The smallest absolute Gasteiger partial charge is 0.337 e. The Kier molecular flexibility index (Phi) is 6.05. The van der Waals surface area contributed by atoms with Gasteiger partial charge >= 0.3 is 5.97 Å². The van der Waals surface area contributed by atoms with Crippen LogP contribution in [0.5, 0.6) is 0 Å². The summed E-state index contributed by atoms with van der Waals surface area (Å²) in [7, 11) is -3.99. The van der Waals surface area contributed by atoms with Crippen molar-refractivity contribution in [2.45, 2.75) is 4.90 Å². The first kappa shape index (κ1) is 15.8. The third-order valence-electron chi connectivity index (χ3n) is 1.48. The van der Waals surface area contributed by atoms with Gasteiger partial charge in [0, 0.05) is 3.57 Å². The van der Waals surface area contributed by atoms with Crippen molar-refractivity contribution in [1.29, 1.82) is 0 Å². The molecule has 1 aromatic rings. The van der Waals surface area contributed by atoms with Crippen LogP contribution in [0.2, 0.25) is 0 Å². The van der Waals surface area contributed by atoms with Crippen LogP contribution in [-0.2, 0) is 14.8 Å². The van der Waals surface area contributed by atoms with Gasteiger partial charge in [-0.05, 0) is 40.8 Å². The number of sulfonamides is 1. The fourth-order valence-electron chi connectivity index (χ4n) is 0.908. The number of hydrogen-bond donors (Lipinski definition) is 3. The third-order valence-corrected chi connectivity index (χ3v) is 3.10. The summed E-state index contributed by atoms with van der Waals surface area (Å²) >= 11 is 1.87. The summed E-state index contributed by atoms with van der Waals surface area (Å²) in [5.74, 6) is -1.31. The molecular formula is C8H8INO6S. The van der Waals surface area contributed by atoms with Gasteiger partial charge in [0.05, 0.1) is 10.5 Å². The Hall–Kier alpha value is -1.20. The van der Waals surface area contributed by atoms with E-state index >= 15 is 0 Å². The minimum absolute atomic E-state index is 0.250. The molecule has 17 heavy (non-hydrogen) atoms. The van der Waals surface area contributed by atoms with Gasteiger partial charge in [0.25, 0.3) is 6.47 Å². The lowest BCUT2D eigenvalue weighted by atomic mass is 10.2. The summed E-state index contributed by atoms with van der Waals surface area (Å²) in [6, 6.07) is 3.93. The zero-order valence-electron chi connectivity index (χ0n) is 8.20. The van der Waals surface area contributed by atoms with Crippen molar-refractivity contribution >= 4 is 45.1 Å². The van der Waals surface area contributed by atoms with Crippen molar-refractivity contribution < 1.29 is 28.2 Å². The highest BCUT2D eigenvalue weighted by atomic mass is 127. The second kappa shape index (κ2) is 6.51. The molecule has 1 aromatic carbocycles. The van der Waals surface area contributed by atoms with Crippen molar-refractivity contribution in [3.05, 3.63) is 27.3 Å². The lowest BCUT2D eigenvalue weighted by molar-refractivity contribution is -0.122. The van der Waals surface area contributed by atoms with Gasteiger partial charge in [-0.15, -0.1) is 0 Å². The molecule has 0 aliphatic heterocycles. The highest BCUT2D eigenvalue weighted by Gasteiger charge is 2.18. The Morgan fingerprint density at radius 2 is 1.88 bits per heavy atom. The monoisotopic (exact) mass is 373 g/mol. The number of aromatic carboxylic acids is 1. The van der Waals surface area contributed by atoms with Gasteiger partial charge in [0.15, 0.2) is 0 Å². The number of hydrogen-bond acceptors (Lipinski definition) is 4. The highest BCUT2D eigenvalue weighted by molar-refractivity contribution is 14.1. The van der Waals surface area contributed by atoms with E-state index in [1.807, 2.05) is 22.6 Å². The van der Waals surface area contributed by atoms with Crippen LogP contribution >= 0.6 is 22.6 Å². The molecule has 0 heterocycles. The Morgan fingerprint density at radius 3 is 2.24 bits per heavy atom. The van der Waals surface area contributed by atoms with E-state index in [0.29, 0.717) is 3.57 Å². The lowest BCUT2D eigenvalue weighted by Crippen LogP contribution is -2.16. The molecule has 0 radical (unpaired) electrons. The number of nitrogens with two attached hydrogens (primary N) is 1. The number of carboxylic acid groups (broad SMARTS) is 2. The lowest BCUT2D eigenvalue weighted by Gasteiger charge is -2.03. The number of carbonyl (C=O) groups is 2. The number of carboxylic acids is 1. The Bertz CT molecular complexity index is 527. The van der Waals surface area contributed by atoms with Crippen molar-refractivity contribution in [1.82, 2.24) is 0 Å². The van der Waals surface area contributed by atoms with E-state index in [2.05, 4.69) is 0 Å². The molecule has 0 spiro atoms. The van der Waals surface area contributed by atoms with Crippen molar-refractivity contribution in [2.75, 3.05) is 0 Å². The summed E-state index contributed by atoms with van der Waals surface area (Å²) in [6.07, 6.45) is 0. The Morgan fingerprint density at radius 1 is 1.41 bits per heavy atom. The van der Waals surface area contributed by atoms with Crippen molar-refractivity contribution in [2.24, 2.45) is 5.14 Å². The van der Waals surface area contributed by atoms with E-state index < -0.39 is 16.0 Å². The van der Waals surface area contributed by atoms with Crippen LogP contribution < -0.4 is 5.14 Å². The van der Waals surface area contributed by atoms with Crippen LogP contribution in [-0.4, -0.2) is 31.1 Å². The first-order valence-electron chi connectivity index (χ1n) is 3.87. The van der Waals surface area contributed by atoms with E-state index in [0.717, 1.165) is 0 Å². The minimum Gasteiger partial charge on any atom is -0.483 e. The fourth-order valence-corrected chi connectivity index (χ4v) is 2.36. The van der Waals surface area contributed by atoms with Crippen LogP contribution in [0.3, 0.4) is 0 Å².